The van der Waals surface area contributed by atoms with Crippen molar-refractivity contribution in [2.45, 2.75) is 104 Å². The van der Waals surface area contributed by atoms with E-state index in [0.29, 0.717) is 13.0 Å². The maximum absolute atomic E-state index is 14.0. The predicted octanol–water partition coefficient (Wildman–Crippen LogP) is 4.88. The van der Waals surface area contributed by atoms with E-state index in [1.165, 1.54) is 0 Å². The number of amides is 3. The monoisotopic (exact) mass is 473 g/mol. The maximum Gasteiger partial charge on any atom is 0.408 e. The molecular weight excluding hydrogens is 430 g/mol. The van der Waals surface area contributed by atoms with E-state index < -0.39 is 23.8 Å². The van der Waals surface area contributed by atoms with Crippen LogP contribution in [-0.2, 0) is 14.3 Å². The molecule has 1 aromatic carbocycles. The van der Waals surface area contributed by atoms with E-state index >= 15 is 0 Å². The molecule has 1 aliphatic rings. The largest absolute Gasteiger partial charge is 0.444 e. The summed E-state index contributed by atoms with van der Waals surface area (Å²) in [6, 6.07) is 6.22. The summed E-state index contributed by atoms with van der Waals surface area (Å²) in [7, 11) is 0. The molecule has 0 aromatic heterocycles. The number of benzene rings is 1. The molecule has 0 heterocycles. The number of alkyl carbamates (subject to hydrolysis) is 1. The number of nitrogens with zero attached hydrogens (tertiary/aromatic N) is 1. The topological polar surface area (TPSA) is 87.7 Å². The van der Waals surface area contributed by atoms with Gasteiger partial charge in [-0.15, -0.1) is 0 Å². The van der Waals surface area contributed by atoms with Crippen LogP contribution in [0.5, 0.6) is 0 Å². The second-order valence-corrected chi connectivity index (χ2v) is 10.8. The summed E-state index contributed by atoms with van der Waals surface area (Å²) >= 11 is 0. The van der Waals surface area contributed by atoms with Gasteiger partial charge in [-0.25, -0.2) is 4.79 Å². The molecule has 34 heavy (non-hydrogen) atoms. The lowest BCUT2D eigenvalue weighted by Gasteiger charge is -2.35. The van der Waals surface area contributed by atoms with Crippen LogP contribution in [0, 0.1) is 12.8 Å². The van der Waals surface area contributed by atoms with E-state index in [1.807, 2.05) is 45.0 Å². The van der Waals surface area contributed by atoms with Gasteiger partial charge in [-0.3, -0.25) is 9.59 Å². The molecule has 7 nitrogen and oxygen atoms in total. The summed E-state index contributed by atoms with van der Waals surface area (Å²) in [5.74, 6) is -0.252. The highest BCUT2D eigenvalue weighted by atomic mass is 16.6. The zero-order chi connectivity index (χ0) is 25.5. The van der Waals surface area contributed by atoms with Gasteiger partial charge in [-0.2, -0.15) is 0 Å². The number of nitrogens with one attached hydrogen (secondary N) is 2. The van der Waals surface area contributed by atoms with Gasteiger partial charge in [0.2, 0.25) is 11.8 Å². The number of ether oxygens (including phenoxy) is 1. The van der Waals surface area contributed by atoms with Gasteiger partial charge in [-0.1, -0.05) is 57.0 Å². The van der Waals surface area contributed by atoms with Crippen LogP contribution >= 0.6 is 0 Å². The molecule has 3 amide bonds. The molecule has 2 rings (SSSR count). The molecule has 1 fully saturated rings. The van der Waals surface area contributed by atoms with Crippen molar-refractivity contribution in [1.29, 1.82) is 0 Å². The van der Waals surface area contributed by atoms with Crippen LogP contribution in [0.15, 0.2) is 24.3 Å². The van der Waals surface area contributed by atoms with Gasteiger partial charge in [0.1, 0.15) is 17.7 Å². The summed E-state index contributed by atoms with van der Waals surface area (Å²) in [4.78, 5) is 41.6. The van der Waals surface area contributed by atoms with Crippen molar-refractivity contribution in [2.24, 2.45) is 5.92 Å². The molecule has 2 atom stereocenters. The minimum absolute atomic E-state index is 0.0224. The van der Waals surface area contributed by atoms with Crippen LogP contribution in [0.3, 0.4) is 0 Å². The van der Waals surface area contributed by atoms with Crippen LogP contribution in [-0.4, -0.2) is 47.0 Å². The van der Waals surface area contributed by atoms with E-state index in [0.717, 1.165) is 36.8 Å². The zero-order valence-corrected chi connectivity index (χ0v) is 21.9. The molecule has 7 heteroatoms. The fourth-order valence-corrected chi connectivity index (χ4v) is 3.87. The average Bonchev–Trinajstić information content (AvgIpc) is 3.55. The Bertz CT molecular complexity index is 825. The molecule has 1 saturated carbocycles. The summed E-state index contributed by atoms with van der Waals surface area (Å²) in [6.07, 6.45) is 3.37. The Balaban J connectivity index is 2.38. The average molecular weight is 474 g/mol. The van der Waals surface area contributed by atoms with Crippen molar-refractivity contribution in [2.75, 3.05) is 6.54 Å². The Morgan fingerprint density at radius 2 is 1.74 bits per heavy atom. The summed E-state index contributed by atoms with van der Waals surface area (Å²) in [5, 5.41) is 5.81. The number of hydrogen-bond donors (Lipinski definition) is 2. The minimum Gasteiger partial charge on any atom is -0.444 e. The molecule has 1 aromatic rings. The molecular formula is C27H43N3O4. The van der Waals surface area contributed by atoms with Crippen molar-refractivity contribution >= 4 is 17.9 Å². The van der Waals surface area contributed by atoms with Crippen LogP contribution < -0.4 is 10.6 Å². The molecule has 0 saturated heterocycles. The first-order valence-electron chi connectivity index (χ1n) is 12.6. The van der Waals surface area contributed by atoms with Crippen molar-refractivity contribution < 1.29 is 19.1 Å². The van der Waals surface area contributed by atoms with Gasteiger partial charge in [-0.05, 0) is 64.9 Å². The van der Waals surface area contributed by atoms with Gasteiger partial charge in [0, 0.05) is 12.6 Å². The number of carbonyl (C=O) groups is 3. The normalized spacial score (nSPS) is 15.4. The fraction of sp³-hybridized carbons (Fsp3) is 0.667. The molecule has 1 aliphatic carbocycles. The van der Waals surface area contributed by atoms with Crippen molar-refractivity contribution in [3.8, 4) is 0 Å². The number of unbranched alkanes of at least 4 members (excludes halogenated alkanes) is 1. The molecule has 2 N–H and O–H groups in total. The second kappa shape index (κ2) is 12.2. The quantitative estimate of drug-likeness (QED) is 0.448. The van der Waals surface area contributed by atoms with Gasteiger partial charge in [0.05, 0.1) is 0 Å². The molecule has 2 unspecified atom stereocenters. The molecule has 0 radical (unpaired) electrons. The highest BCUT2D eigenvalue weighted by Gasteiger charge is 2.44. The van der Waals surface area contributed by atoms with Crippen LogP contribution in [0.1, 0.15) is 90.8 Å². The number of aryl methyl sites for hydroxylation is 1. The number of hydrogen-bond acceptors (Lipinski definition) is 4. The van der Waals surface area contributed by atoms with Crippen LogP contribution in [0.2, 0.25) is 0 Å². The Kier molecular flexibility index (Phi) is 9.95. The standard InChI is InChI=1S/C27H43N3O4/c1-8-9-16-28-24(31)23(20-12-10-19(4)11-13-20)30(21-14-15-21)25(32)22(17-18(2)3)29-26(33)34-27(5,6)7/h10-13,18,21-23H,8-9,14-17H2,1-7H3,(H,28,31)(H,29,33). The lowest BCUT2D eigenvalue weighted by molar-refractivity contribution is -0.143. The van der Waals surface area contributed by atoms with Crippen molar-refractivity contribution in [1.82, 2.24) is 15.5 Å². The molecule has 190 valence electrons. The summed E-state index contributed by atoms with van der Waals surface area (Å²) in [5.41, 5.74) is 1.19. The zero-order valence-electron chi connectivity index (χ0n) is 21.9. The predicted molar refractivity (Wildman–Crippen MR) is 134 cm³/mol. The van der Waals surface area contributed by atoms with Crippen LogP contribution in [0.25, 0.3) is 0 Å². The highest BCUT2D eigenvalue weighted by Crippen LogP contribution is 2.36. The first-order chi connectivity index (χ1) is 15.9. The lowest BCUT2D eigenvalue weighted by atomic mass is 9.98. The van der Waals surface area contributed by atoms with E-state index in [1.54, 1.807) is 25.7 Å². The van der Waals surface area contributed by atoms with E-state index in [-0.39, 0.29) is 23.8 Å². The van der Waals surface area contributed by atoms with Gasteiger partial charge < -0.3 is 20.3 Å². The number of rotatable bonds is 11. The summed E-state index contributed by atoms with van der Waals surface area (Å²) < 4.78 is 5.43. The van der Waals surface area contributed by atoms with Crippen molar-refractivity contribution in [3.63, 3.8) is 0 Å². The third-order valence-corrected chi connectivity index (χ3v) is 5.64. The lowest BCUT2D eigenvalue weighted by Crippen LogP contribution is -2.54. The van der Waals surface area contributed by atoms with Crippen molar-refractivity contribution in [3.05, 3.63) is 35.4 Å². The molecule has 0 aliphatic heterocycles. The maximum atomic E-state index is 14.0. The Morgan fingerprint density at radius 1 is 1.12 bits per heavy atom. The highest BCUT2D eigenvalue weighted by molar-refractivity contribution is 5.92. The SMILES string of the molecule is CCCCNC(=O)C(c1ccc(C)cc1)N(C(=O)C(CC(C)C)NC(=O)OC(C)(C)C)C1CC1. The third-order valence-electron chi connectivity index (χ3n) is 5.64. The summed E-state index contributed by atoms with van der Waals surface area (Å²) in [6.45, 7) is 14.0. The number of carbonyl (C=O) groups excluding carboxylic acids is 3. The smallest absolute Gasteiger partial charge is 0.408 e. The fourth-order valence-electron chi connectivity index (χ4n) is 3.87. The van der Waals surface area contributed by atoms with E-state index in [2.05, 4.69) is 17.6 Å². The minimum atomic E-state index is -0.771. The Morgan fingerprint density at radius 3 is 2.24 bits per heavy atom. The third kappa shape index (κ3) is 8.65. The molecule has 0 spiro atoms. The van der Waals surface area contributed by atoms with Gasteiger partial charge in [0.15, 0.2) is 0 Å². The van der Waals surface area contributed by atoms with E-state index in [4.69, 9.17) is 4.74 Å². The molecule has 0 bridgehead atoms. The van der Waals surface area contributed by atoms with Gasteiger partial charge in [0.25, 0.3) is 0 Å². The first kappa shape index (κ1) is 27.7. The van der Waals surface area contributed by atoms with E-state index in [9.17, 15) is 14.4 Å². The Labute approximate surface area is 205 Å². The first-order valence-corrected chi connectivity index (χ1v) is 12.6. The van der Waals surface area contributed by atoms with Gasteiger partial charge >= 0.3 is 6.09 Å². The van der Waals surface area contributed by atoms with Crippen LogP contribution in [0.4, 0.5) is 4.79 Å². The Hall–Kier alpha value is -2.57. The second-order valence-electron chi connectivity index (χ2n) is 10.8.